The number of hydrogen-bond acceptors (Lipinski definition) is 5. The molecule has 1 heterocycles. The number of nitrogens with zero attached hydrogens (tertiary/aromatic N) is 2. The van der Waals surface area contributed by atoms with Crippen LogP contribution in [0.1, 0.15) is 22.3 Å². The van der Waals surface area contributed by atoms with E-state index in [1.807, 2.05) is 6.92 Å². The molecule has 0 bridgehead atoms. The van der Waals surface area contributed by atoms with E-state index in [9.17, 15) is 9.59 Å². The van der Waals surface area contributed by atoms with Crippen LogP contribution in [0.15, 0.2) is 24.3 Å². The van der Waals surface area contributed by atoms with Gasteiger partial charge in [0.1, 0.15) is 5.01 Å². The zero-order valence-electron chi connectivity index (χ0n) is 10.2. The molecule has 6 nitrogen and oxygen atoms in total. The summed E-state index contributed by atoms with van der Waals surface area (Å²) in [5.74, 6) is -0.330. The maximum Gasteiger partial charge on any atom is 0.259 e. The van der Waals surface area contributed by atoms with Gasteiger partial charge in [-0.25, -0.2) is 0 Å². The molecule has 0 saturated carbocycles. The molecule has 7 heteroatoms. The third-order valence-electron chi connectivity index (χ3n) is 2.38. The van der Waals surface area contributed by atoms with Crippen molar-refractivity contribution in [2.75, 3.05) is 10.6 Å². The first-order chi connectivity index (χ1) is 9.24. The number of amides is 2. The Morgan fingerprint density at radius 2 is 2.16 bits per heavy atom. The van der Waals surface area contributed by atoms with Crippen LogP contribution in [0.4, 0.5) is 10.8 Å². The topological polar surface area (TPSA) is 84.0 Å². The van der Waals surface area contributed by atoms with Gasteiger partial charge in [0.25, 0.3) is 5.91 Å². The minimum atomic E-state index is -0.330. The van der Waals surface area contributed by atoms with Gasteiger partial charge in [-0.2, -0.15) is 0 Å². The molecule has 0 spiro atoms. The molecule has 2 rings (SSSR count). The minimum absolute atomic E-state index is 0.330. The Hall–Kier alpha value is -2.28. The van der Waals surface area contributed by atoms with E-state index in [4.69, 9.17) is 0 Å². The molecule has 0 aliphatic carbocycles. The van der Waals surface area contributed by atoms with Crippen LogP contribution in [0.2, 0.25) is 0 Å². The Labute approximate surface area is 113 Å². The predicted octanol–water partition coefficient (Wildman–Crippen LogP) is 1.92. The number of nitrogens with one attached hydrogen (secondary N) is 2. The van der Waals surface area contributed by atoms with Crippen molar-refractivity contribution in [2.24, 2.45) is 0 Å². The second-order valence-electron chi connectivity index (χ2n) is 3.62. The van der Waals surface area contributed by atoms with E-state index in [-0.39, 0.29) is 5.91 Å². The summed E-state index contributed by atoms with van der Waals surface area (Å²) in [6.45, 7) is 1.97. The van der Waals surface area contributed by atoms with Crippen molar-refractivity contribution in [2.45, 2.75) is 13.3 Å². The molecule has 2 N–H and O–H groups in total. The Balaban J connectivity index is 2.17. The fraction of sp³-hybridized carbons (Fsp3) is 0.167. The number of hydrogen-bond donors (Lipinski definition) is 2. The zero-order chi connectivity index (χ0) is 13.7. The van der Waals surface area contributed by atoms with Gasteiger partial charge in [0.05, 0.1) is 11.3 Å². The van der Waals surface area contributed by atoms with Gasteiger partial charge >= 0.3 is 0 Å². The van der Waals surface area contributed by atoms with Crippen molar-refractivity contribution in [3.05, 3.63) is 34.8 Å². The average Bonchev–Trinajstić information content (AvgIpc) is 2.87. The summed E-state index contributed by atoms with van der Waals surface area (Å²) in [5.41, 5.74) is 0.832. The molecule has 1 aromatic carbocycles. The van der Waals surface area contributed by atoms with Crippen molar-refractivity contribution in [3.8, 4) is 0 Å². The van der Waals surface area contributed by atoms with E-state index in [0.717, 1.165) is 11.4 Å². The monoisotopic (exact) mass is 276 g/mol. The van der Waals surface area contributed by atoms with Gasteiger partial charge in [0, 0.05) is 0 Å². The van der Waals surface area contributed by atoms with Gasteiger partial charge < -0.3 is 5.32 Å². The van der Waals surface area contributed by atoms with Crippen LogP contribution in [0, 0.1) is 0 Å². The van der Waals surface area contributed by atoms with Crippen LogP contribution >= 0.6 is 11.3 Å². The minimum Gasteiger partial charge on any atom is -0.328 e. The van der Waals surface area contributed by atoms with Crippen molar-refractivity contribution in [1.29, 1.82) is 0 Å². The largest absolute Gasteiger partial charge is 0.328 e. The number of benzene rings is 1. The summed E-state index contributed by atoms with van der Waals surface area (Å²) >= 11 is 1.33. The highest BCUT2D eigenvalue weighted by atomic mass is 32.1. The Morgan fingerprint density at radius 1 is 1.37 bits per heavy atom. The number of para-hydroxylation sites is 1. The van der Waals surface area contributed by atoms with Gasteiger partial charge in [-0.3, -0.25) is 14.9 Å². The molecule has 0 fully saturated rings. The van der Waals surface area contributed by atoms with Crippen molar-refractivity contribution < 1.29 is 9.59 Å². The highest BCUT2D eigenvalue weighted by Crippen LogP contribution is 2.19. The van der Waals surface area contributed by atoms with Crippen molar-refractivity contribution in [3.63, 3.8) is 0 Å². The molecular weight excluding hydrogens is 264 g/mol. The molecule has 0 aliphatic rings. The van der Waals surface area contributed by atoms with Crippen LogP contribution in [-0.2, 0) is 11.2 Å². The summed E-state index contributed by atoms with van der Waals surface area (Å²) in [4.78, 5) is 22.6. The van der Waals surface area contributed by atoms with Gasteiger partial charge in [-0.15, -0.1) is 10.2 Å². The lowest BCUT2D eigenvalue weighted by Gasteiger charge is -2.06. The molecule has 0 aliphatic heterocycles. The maximum atomic E-state index is 12.1. The van der Waals surface area contributed by atoms with Crippen molar-refractivity contribution in [1.82, 2.24) is 10.2 Å². The zero-order valence-corrected chi connectivity index (χ0v) is 11.0. The molecule has 98 valence electrons. The molecular formula is C12H12N4O2S. The van der Waals surface area contributed by atoms with Gasteiger partial charge in [0.15, 0.2) is 0 Å². The number of anilines is 2. The lowest BCUT2D eigenvalue weighted by Crippen LogP contribution is -2.14. The Kier molecular flexibility index (Phi) is 4.19. The summed E-state index contributed by atoms with van der Waals surface area (Å²) < 4.78 is 0. The standard InChI is InChI=1S/C12H12N4O2S/c1-2-10-15-16-12(19-10)14-11(18)8-5-3-4-6-9(8)13-7-17/h3-7H,2H2,1H3,(H,13,17)(H,14,16,18). The lowest BCUT2D eigenvalue weighted by atomic mass is 10.1. The molecule has 0 atom stereocenters. The average molecular weight is 276 g/mol. The van der Waals surface area contributed by atoms with Crippen LogP contribution in [-0.4, -0.2) is 22.5 Å². The van der Waals surface area contributed by atoms with Gasteiger partial charge in [-0.05, 0) is 18.6 Å². The Morgan fingerprint density at radius 3 is 2.84 bits per heavy atom. The first-order valence-electron chi connectivity index (χ1n) is 5.67. The van der Waals surface area contributed by atoms with E-state index >= 15 is 0 Å². The number of carbonyl (C=O) groups excluding carboxylic acids is 2. The van der Waals surface area contributed by atoms with E-state index in [0.29, 0.717) is 22.8 Å². The van der Waals surface area contributed by atoms with Crippen LogP contribution in [0.5, 0.6) is 0 Å². The third kappa shape index (κ3) is 3.14. The first kappa shape index (κ1) is 13.2. The number of carbonyl (C=O) groups is 2. The summed E-state index contributed by atoms with van der Waals surface area (Å²) in [6.07, 6.45) is 1.31. The second-order valence-corrected chi connectivity index (χ2v) is 4.68. The van der Waals surface area contributed by atoms with Crippen LogP contribution < -0.4 is 10.6 Å². The van der Waals surface area contributed by atoms with Gasteiger partial charge in [-0.1, -0.05) is 30.4 Å². The molecule has 0 unspecified atom stereocenters. The Bertz CT molecular complexity index is 597. The van der Waals surface area contributed by atoms with Gasteiger partial charge in [0.2, 0.25) is 11.5 Å². The molecule has 19 heavy (non-hydrogen) atoms. The summed E-state index contributed by atoms with van der Waals surface area (Å²) in [7, 11) is 0. The predicted molar refractivity (Wildman–Crippen MR) is 73.4 cm³/mol. The van der Waals surface area contributed by atoms with E-state index in [2.05, 4.69) is 20.8 Å². The first-order valence-corrected chi connectivity index (χ1v) is 6.49. The van der Waals surface area contributed by atoms with Crippen LogP contribution in [0.3, 0.4) is 0 Å². The molecule has 2 aromatic rings. The second kappa shape index (κ2) is 6.05. The van der Waals surface area contributed by atoms with E-state index < -0.39 is 0 Å². The highest BCUT2D eigenvalue weighted by molar-refractivity contribution is 7.15. The lowest BCUT2D eigenvalue weighted by molar-refractivity contribution is -0.105. The summed E-state index contributed by atoms with van der Waals surface area (Å²) in [6, 6.07) is 6.75. The third-order valence-corrected chi connectivity index (χ3v) is 3.36. The SMILES string of the molecule is CCc1nnc(NC(=O)c2ccccc2NC=O)s1. The molecule has 0 radical (unpaired) electrons. The number of aromatic nitrogens is 2. The smallest absolute Gasteiger partial charge is 0.259 e. The molecule has 0 saturated heterocycles. The van der Waals surface area contributed by atoms with E-state index in [1.165, 1.54) is 11.3 Å². The quantitative estimate of drug-likeness (QED) is 0.817. The number of aryl methyl sites for hydroxylation is 1. The highest BCUT2D eigenvalue weighted by Gasteiger charge is 2.13. The maximum absolute atomic E-state index is 12.1. The fourth-order valence-electron chi connectivity index (χ4n) is 1.48. The van der Waals surface area contributed by atoms with Crippen LogP contribution in [0.25, 0.3) is 0 Å². The molecule has 2 amide bonds. The molecule has 1 aromatic heterocycles. The number of rotatable bonds is 5. The summed E-state index contributed by atoms with van der Waals surface area (Å²) in [5, 5.41) is 14.2. The fourth-order valence-corrected chi connectivity index (χ4v) is 2.16. The van der Waals surface area contributed by atoms with E-state index in [1.54, 1.807) is 24.3 Å². The van der Waals surface area contributed by atoms with Crippen molar-refractivity contribution >= 4 is 34.5 Å². The normalized spacial score (nSPS) is 9.95.